The first kappa shape index (κ1) is 8.05. The van der Waals surface area contributed by atoms with Crippen LogP contribution in [0.25, 0.3) is 0 Å². The van der Waals surface area contributed by atoms with Crippen molar-refractivity contribution in [2.75, 3.05) is 0 Å². The molecule has 11 heavy (non-hydrogen) atoms. The van der Waals surface area contributed by atoms with Gasteiger partial charge in [-0.15, -0.1) is 0 Å². The van der Waals surface area contributed by atoms with Gasteiger partial charge in [0.1, 0.15) is 0 Å². The molecule has 2 unspecified atom stereocenters. The summed E-state index contributed by atoms with van der Waals surface area (Å²) in [7, 11) is 0.479. The summed E-state index contributed by atoms with van der Waals surface area (Å²) in [5.41, 5.74) is 3.41. The van der Waals surface area contributed by atoms with Crippen LogP contribution in [0.4, 0.5) is 0 Å². The van der Waals surface area contributed by atoms with Gasteiger partial charge in [-0.3, -0.25) is 0 Å². The molecule has 1 aliphatic heterocycles. The van der Waals surface area contributed by atoms with Gasteiger partial charge in [-0.2, -0.15) is 0 Å². The Morgan fingerprint density at radius 3 is 2.00 bits per heavy atom. The van der Waals surface area contributed by atoms with E-state index in [0.29, 0.717) is 7.92 Å². The lowest BCUT2D eigenvalue weighted by Crippen LogP contribution is -2.30. The third-order valence-electron chi connectivity index (χ3n) is 3.45. The molecule has 0 bridgehead atoms. The minimum atomic E-state index is 0.479. The summed E-state index contributed by atoms with van der Waals surface area (Å²) in [5.74, 6) is 0. The van der Waals surface area contributed by atoms with Crippen LogP contribution in [0.15, 0.2) is 0 Å². The van der Waals surface area contributed by atoms with Gasteiger partial charge in [-0.1, -0.05) is 34.6 Å². The van der Waals surface area contributed by atoms with Crippen molar-refractivity contribution in [3.8, 4) is 0 Å². The van der Waals surface area contributed by atoms with E-state index in [0.717, 1.165) is 11.3 Å². The molecule has 0 nitrogen and oxygen atoms in total. The molecular weight excluding hydrogens is 151 g/mol. The van der Waals surface area contributed by atoms with E-state index in [-0.39, 0.29) is 0 Å². The predicted octanol–water partition coefficient (Wildman–Crippen LogP) is 3.59. The summed E-state index contributed by atoms with van der Waals surface area (Å²) in [6, 6.07) is 0. The molecule has 1 heterocycles. The summed E-state index contributed by atoms with van der Waals surface area (Å²) in [5, 5.41) is 0. The quantitative estimate of drug-likeness (QED) is 0.527. The number of rotatable bonds is 1. The van der Waals surface area contributed by atoms with Gasteiger partial charge in [0.15, 0.2) is 0 Å². The van der Waals surface area contributed by atoms with Gasteiger partial charge in [-0.25, -0.2) is 0 Å². The Kier molecular flexibility index (Phi) is 2.23. The van der Waals surface area contributed by atoms with Crippen molar-refractivity contribution < 1.29 is 0 Å². The first-order valence-corrected chi connectivity index (χ1v) is 6.61. The average molecular weight is 170 g/mol. The van der Waals surface area contributed by atoms with E-state index in [4.69, 9.17) is 0 Å². The highest BCUT2D eigenvalue weighted by Crippen LogP contribution is 2.65. The lowest BCUT2D eigenvalue weighted by atomic mass is 10.2. The van der Waals surface area contributed by atoms with Crippen LogP contribution in [-0.2, 0) is 0 Å². The SMILES string of the molecule is CC1C[C@@H](C)P1C1CCCC1. The van der Waals surface area contributed by atoms with Gasteiger partial charge in [-0.05, 0) is 36.2 Å². The lowest BCUT2D eigenvalue weighted by molar-refractivity contribution is 0.676. The monoisotopic (exact) mass is 170 g/mol. The zero-order chi connectivity index (χ0) is 7.84. The molecule has 2 aliphatic rings. The fraction of sp³-hybridized carbons (Fsp3) is 1.00. The molecule has 0 amide bonds. The third-order valence-corrected chi connectivity index (χ3v) is 7.26. The summed E-state index contributed by atoms with van der Waals surface area (Å²) in [4.78, 5) is 0. The van der Waals surface area contributed by atoms with Crippen LogP contribution in [-0.4, -0.2) is 17.0 Å². The fourth-order valence-electron chi connectivity index (χ4n) is 2.96. The van der Waals surface area contributed by atoms with E-state index in [2.05, 4.69) is 13.8 Å². The molecule has 0 spiro atoms. The summed E-state index contributed by atoms with van der Waals surface area (Å²) in [6.45, 7) is 4.95. The van der Waals surface area contributed by atoms with Crippen LogP contribution in [0.3, 0.4) is 0 Å². The first-order chi connectivity index (χ1) is 5.29. The minimum absolute atomic E-state index is 0.479. The molecule has 1 aliphatic carbocycles. The zero-order valence-corrected chi connectivity index (χ0v) is 8.61. The van der Waals surface area contributed by atoms with Gasteiger partial charge < -0.3 is 0 Å². The zero-order valence-electron chi connectivity index (χ0n) is 7.71. The van der Waals surface area contributed by atoms with Crippen LogP contribution in [0.1, 0.15) is 46.0 Å². The Morgan fingerprint density at radius 1 is 1.00 bits per heavy atom. The van der Waals surface area contributed by atoms with Gasteiger partial charge >= 0.3 is 0 Å². The molecule has 2 fully saturated rings. The maximum absolute atomic E-state index is 2.48. The molecule has 0 aromatic heterocycles. The Bertz CT molecular complexity index is 130. The van der Waals surface area contributed by atoms with Gasteiger partial charge in [0.2, 0.25) is 0 Å². The molecule has 1 heteroatoms. The molecule has 0 aromatic rings. The second-order valence-electron chi connectivity index (χ2n) is 4.32. The largest absolute Gasteiger partial charge is 0.0977 e. The van der Waals surface area contributed by atoms with Gasteiger partial charge in [0.05, 0.1) is 0 Å². The molecule has 64 valence electrons. The Hall–Kier alpha value is 0.430. The maximum atomic E-state index is 2.48. The molecule has 1 saturated heterocycles. The van der Waals surface area contributed by atoms with E-state index >= 15 is 0 Å². The van der Waals surface area contributed by atoms with Crippen LogP contribution >= 0.6 is 7.92 Å². The molecular formula is C10H19P. The molecule has 0 aromatic carbocycles. The van der Waals surface area contributed by atoms with E-state index < -0.39 is 0 Å². The Balaban J connectivity index is 1.92. The summed E-state index contributed by atoms with van der Waals surface area (Å²) in [6.07, 6.45) is 7.73. The number of hydrogen-bond donors (Lipinski definition) is 0. The van der Waals surface area contributed by atoms with Crippen molar-refractivity contribution >= 4 is 7.92 Å². The molecule has 0 radical (unpaired) electrons. The molecule has 1 saturated carbocycles. The Labute approximate surface area is 71.5 Å². The van der Waals surface area contributed by atoms with E-state index in [9.17, 15) is 0 Å². The standard InChI is InChI=1S/C10H19P/c1-8-7-9(2)11(8)10-5-3-4-6-10/h8-10H,3-7H2,1-2H3/t8-,9?,11?/m1/s1. The van der Waals surface area contributed by atoms with Crippen LogP contribution < -0.4 is 0 Å². The Morgan fingerprint density at radius 2 is 1.55 bits per heavy atom. The van der Waals surface area contributed by atoms with Crippen molar-refractivity contribution in [3.63, 3.8) is 0 Å². The topological polar surface area (TPSA) is 0 Å². The smallest absolute Gasteiger partial charge is 0.0204 e. The minimum Gasteiger partial charge on any atom is -0.0977 e. The molecule has 0 N–H and O–H groups in total. The average Bonchev–Trinajstić information content (AvgIpc) is 2.39. The van der Waals surface area contributed by atoms with Crippen molar-refractivity contribution in [1.29, 1.82) is 0 Å². The van der Waals surface area contributed by atoms with Crippen molar-refractivity contribution in [2.45, 2.75) is 62.9 Å². The van der Waals surface area contributed by atoms with Crippen LogP contribution in [0.2, 0.25) is 0 Å². The second kappa shape index (κ2) is 3.05. The lowest BCUT2D eigenvalue weighted by Gasteiger charge is -2.45. The highest BCUT2D eigenvalue weighted by molar-refractivity contribution is 7.61. The van der Waals surface area contributed by atoms with Gasteiger partial charge in [0.25, 0.3) is 0 Å². The normalized spacial score (nSPS) is 45.8. The van der Waals surface area contributed by atoms with E-state index in [1.165, 1.54) is 24.9 Å². The molecule has 3 atom stereocenters. The third kappa shape index (κ3) is 1.35. The predicted molar refractivity (Wildman–Crippen MR) is 52.7 cm³/mol. The molecule has 2 rings (SSSR count). The fourth-order valence-corrected chi connectivity index (χ4v) is 6.95. The summed E-state index contributed by atoms with van der Waals surface area (Å²) < 4.78 is 0. The second-order valence-corrected chi connectivity index (χ2v) is 7.71. The van der Waals surface area contributed by atoms with E-state index in [1.54, 1.807) is 12.8 Å². The van der Waals surface area contributed by atoms with Crippen molar-refractivity contribution in [2.24, 2.45) is 0 Å². The van der Waals surface area contributed by atoms with Gasteiger partial charge in [0, 0.05) is 0 Å². The van der Waals surface area contributed by atoms with E-state index in [1.807, 2.05) is 0 Å². The number of hydrogen-bond acceptors (Lipinski definition) is 0. The van der Waals surface area contributed by atoms with Crippen molar-refractivity contribution in [1.82, 2.24) is 0 Å². The summed E-state index contributed by atoms with van der Waals surface area (Å²) >= 11 is 0. The van der Waals surface area contributed by atoms with Crippen molar-refractivity contribution in [3.05, 3.63) is 0 Å². The highest BCUT2D eigenvalue weighted by Gasteiger charge is 2.40. The maximum Gasteiger partial charge on any atom is -0.0204 e. The van der Waals surface area contributed by atoms with Crippen LogP contribution in [0.5, 0.6) is 0 Å². The van der Waals surface area contributed by atoms with Crippen LogP contribution in [0, 0.1) is 0 Å². The highest BCUT2D eigenvalue weighted by atomic mass is 31.1. The first-order valence-electron chi connectivity index (χ1n) is 5.06.